The van der Waals surface area contributed by atoms with Gasteiger partial charge in [0.25, 0.3) is 5.91 Å². The van der Waals surface area contributed by atoms with Gasteiger partial charge in [-0.25, -0.2) is 0 Å². The highest BCUT2D eigenvalue weighted by Gasteiger charge is 2.31. The number of phenolic OH excluding ortho intramolecular Hbond substituents is 2. The average molecular weight is 410 g/mol. The van der Waals surface area contributed by atoms with Crippen molar-refractivity contribution in [2.24, 2.45) is 5.92 Å². The maximum absolute atomic E-state index is 12.9. The predicted molar refractivity (Wildman–Crippen MR) is 104 cm³/mol. The van der Waals surface area contributed by atoms with Gasteiger partial charge < -0.3 is 20.3 Å². The van der Waals surface area contributed by atoms with Crippen LogP contribution in [-0.2, 0) is 20.7 Å². The second-order valence-electron chi connectivity index (χ2n) is 6.48. The van der Waals surface area contributed by atoms with Crippen LogP contribution in [0.1, 0.15) is 48.5 Å². The molecule has 1 aliphatic rings. The Morgan fingerprint density at radius 3 is 2.68 bits per heavy atom. The first kappa shape index (κ1) is 21.8. The molecule has 0 saturated heterocycles. The molecule has 0 aliphatic carbocycles. The van der Waals surface area contributed by atoms with E-state index in [9.17, 15) is 24.6 Å². The second-order valence-corrected chi connectivity index (χ2v) is 6.85. The summed E-state index contributed by atoms with van der Waals surface area (Å²) in [4.78, 5) is 37.7. The number of Topliss-reactive ketones (excluding diaryl/α,β-unsaturated/α-hetero) is 1. The maximum atomic E-state index is 12.9. The van der Waals surface area contributed by atoms with E-state index in [-0.39, 0.29) is 29.2 Å². The number of ether oxygens (including phenoxy) is 1. The fourth-order valence-electron chi connectivity index (χ4n) is 3.09. The van der Waals surface area contributed by atoms with E-state index in [4.69, 9.17) is 16.3 Å². The number of fused-ring (bicyclic) bond motifs is 1. The van der Waals surface area contributed by atoms with Gasteiger partial charge >= 0.3 is 5.97 Å². The molecule has 1 aliphatic heterocycles. The van der Waals surface area contributed by atoms with Crippen LogP contribution in [0.3, 0.4) is 0 Å². The van der Waals surface area contributed by atoms with Gasteiger partial charge in [0.15, 0.2) is 5.78 Å². The molecule has 8 heteroatoms. The number of allylic oxidation sites excluding steroid dienone is 1. The number of aromatic hydroxyl groups is 2. The van der Waals surface area contributed by atoms with Crippen LogP contribution >= 0.6 is 11.6 Å². The molecule has 1 heterocycles. The summed E-state index contributed by atoms with van der Waals surface area (Å²) in [7, 11) is 0. The third-order valence-electron chi connectivity index (χ3n) is 4.49. The lowest BCUT2D eigenvalue weighted by molar-refractivity contribution is -0.151. The van der Waals surface area contributed by atoms with Crippen molar-refractivity contribution >= 4 is 29.3 Å². The van der Waals surface area contributed by atoms with Gasteiger partial charge in [-0.15, -0.1) is 0 Å². The van der Waals surface area contributed by atoms with Crippen LogP contribution in [0, 0.1) is 5.92 Å². The van der Waals surface area contributed by atoms with Crippen molar-refractivity contribution in [2.75, 3.05) is 13.2 Å². The zero-order chi connectivity index (χ0) is 20.7. The molecule has 0 unspecified atom stereocenters. The van der Waals surface area contributed by atoms with Gasteiger partial charge in [0.2, 0.25) is 0 Å². The van der Waals surface area contributed by atoms with Crippen molar-refractivity contribution in [3.05, 3.63) is 34.4 Å². The number of carbonyl (C=O) groups excluding carboxylic acids is 3. The normalized spacial score (nSPS) is 19.9. The molecule has 1 atom stereocenters. The summed E-state index contributed by atoms with van der Waals surface area (Å²) in [5, 5.41) is 22.6. The van der Waals surface area contributed by atoms with Gasteiger partial charge in [-0.1, -0.05) is 23.8 Å². The smallest absolute Gasteiger partial charge is 0.316 e. The lowest BCUT2D eigenvalue weighted by Gasteiger charge is -2.18. The number of halogens is 1. The number of hydrogen-bond acceptors (Lipinski definition) is 6. The fraction of sp³-hybridized carbons (Fsp3) is 0.450. The topological polar surface area (TPSA) is 113 Å². The van der Waals surface area contributed by atoms with Crippen molar-refractivity contribution < 1.29 is 29.3 Å². The highest BCUT2D eigenvalue weighted by Crippen LogP contribution is 2.37. The molecule has 7 nitrogen and oxygen atoms in total. The number of carbonyl (C=O) groups is 3. The Bertz CT molecular complexity index is 789. The number of nitrogens with one attached hydrogen (secondary N) is 1. The third-order valence-corrected chi connectivity index (χ3v) is 4.91. The minimum Gasteiger partial charge on any atom is -0.507 e. The van der Waals surface area contributed by atoms with E-state index in [0.717, 1.165) is 6.07 Å². The Morgan fingerprint density at radius 1 is 1.25 bits per heavy atom. The number of rotatable bonds is 2. The molecule has 3 N–H and O–H groups in total. The summed E-state index contributed by atoms with van der Waals surface area (Å²) >= 11 is 6.13. The third kappa shape index (κ3) is 5.25. The predicted octanol–water partition coefficient (Wildman–Crippen LogP) is 2.90. The summed E-state index contributed by atoms with van der Waals surface area (Å²) in [5.74, 6) is -3.67. The van der Waals surface area contributed by atoms with Crippen molar-refractivity contribution in [1.29, 1.82) is 0 Å². The van der Waals surface area contributed by atoms with Gasteiger partial charge in [-0.05, 0) is 38.2 Å². The Balaban J connectivity index is 2.47. The minimum absolute atomic E-state index is 0.0106. The molecular weight excluding hydrogens is 386 g/mol. The Hall–Kier alpha value is -2.54. The van der Waals surface area contributed by atoms with Crippen molar-refractivity contribution in [3.8, 4) is 11.5 Å². The Kier molecular flexibility index (Phi) is 7.87. The summed E-state index contributed by atoms with van der Waals surface area (Å²) < 4.78 is 5.02. The lowest BCUT2D eigenvalue weighted by atomic mass is 9.90. The monoisotopic (exact) mass is 409 g/mol. The standard InChI is InChI=1S/C20H24ClNO6/c1-2-28-20(27)12-8-6-4-3-5-7-9-22-19(26)17-13(10-14(12)23)18(21)16(25)11-15(17)24/h3,5,11-12,24-25H,2,4,6-10H2,1H3,(H,22,26)/b5-3+/t12-/m0/s1. The fourth-order valence-corrected chi connectivity index (χ4v) is 3.30. The molecule has 1 aromatic carbocycles. The van der Waals surface area contributed by atoms with Crippen molar-refractivity contribution in [1.82, 2.24) is 5.32 Å². The largest absolute Gasteiger partial charge is 0.507 e. The van der Waals surface area contributed by atoms with E-state index >= 15 is 0 Å². The van der Waals surface area contributed by atoms with E-state index in [1.54, 1.807) is 6.92 Å². The van der Waals surface area contributed by atoms with Crippen LogP contribution in [0.4, 0.5) is 0 Å². The maximum Gasteiger partial charge on any atom is 0.316 e. The SMILES string of the molecule is CCOC(=O)[C@H]1CCC/C=C/CCNC(=O)c2c(O)cc(O)c(Cl)c2CC1=O. The van der Waals surface area contributed by atoms with Crippen LogP contribution < -0.4 is 5.32 Å². The number of ketones is 1. The minimum atomic E-state index is -1.01. The lowest BCUT2D eigenvalue weighted by Crippen LogP contribution is -2.30. The molecule has 1 aromatic rings. The molecule has 0 radical (unpaired) electrons. The molecule has 0 saturated carbocycles. The molecule has 152 valence electrons. The number of phenols is 2. The van der Waals surface area contributed by atoms with Crippen LogP contribution in [0.25, 0.3) is 0 Å². The number of esters is 1. The first-order valence-electron chi connectivity index (χ1n) is 9.22. The Labute approximate surface area is 168 Å². The molecule has 28 heavy (non-hydrogen) atoms. The van der Waals surface area contributed by atoms with Crippen LogP contribution in [-0.4, -0.2) is 41.0 Å². The quantitative estimate of drug-likeness (QED) is 0.393. The van der Waals surface area contributed by atoms with Crippen LogP contribution in [0.2, 0.25) is 5.02 Å². The van der Waals surface area contributed by atoms with Gasteiger partial charge in [0.05, 0.1) is 17.2 Å². The zero-order valence-electron chi connectivity index (χ0n) is 15.7. The zero-order valence-corrected chi connectivity index (χ0v) is 16.4. The first-order chi connectivity index (χ1) is 13.4. The highest BCUT2D eigenvalue weighted by atomic mass is 35.5. The van der Waals surface area contributed by atoms with Gasteiger partial charge in [0.1, 0.15) is 17.4 Å². The molecule has 0 fully saturated rings. The van der Waals surface area contributed by atoms with E-state index in [1.165, 1.54) is 0 Å². The highest BCUT2D eigenvalue weighted by molar-refractivity contribution is 6.33. The summed E-state index contributed by atoms with van der Waals surface area (Å²) in [5.41, 5.74) is -0.191. The van der Waals surface area contributed by atoms with Gasteiger partial charge in [-0.3, -0.25) is 14.4 Å². The number of benzene rings is 1. The van der Waals surface area contributed by atoms with E-state index < -0.39 is 35.1 Å². The van der Waals surface area contributed by atoms with E-state index in [2.05, 4.69) is 5.32 Å². The number of hydrogen-bond donors (Lipinski definition) is 3. The summed E-state index contributed by atoms with van der Waals surface area (Å²) in [6, 6.07) is 0.955. The molecule has 0 spiro atoms. The van der Waals surface area contributed by atoms with Crippen LogP contribution in [0.5, 0.6) is 11.5 Å². The van der Waals surface area contributed by atoms with Crippen LogP contribution in [0.15, 0.2) is 18.2 Å². The molecule has 1 amide bonds. The Morgan fingerprint density at radius 2 is 1.96 bits per heavy atom. The van der Waals surface area contributed by atoms with Gasteiger partial charge in [-0.2, -0.15) is 0 Å². The second kappa shape index (κ2) is 10.1. The van der Waals surface area contributed by atoms with Gasteiger partial charge in [0, 0.05) is 19.0 Å². The summed E-state index contributed by atoms with van der Waals surface area (Å²) in [6.07, 6.45) is 5.64. The molecule has 2 rings (SSSR count). The molecular formula is C20H24ClNO6. The average Bonchev–Trinajstić information content (AvgIpc) is 2.64. The molecule has 0 aromatic heterocycles. The summed E-state index contributed by atoms with van der Waals surface area (Å²) in [6.45, 7) is 2.14. The van der Waals surface area contributed by atoms with Crippen molar-refractivity contribution in [3.63, 3.8) is 0 Å². The molecule has 0 bridgehead atoms. The van der Waals surface area contributed by atoms with E-state index in [0.29, 0.717) is 32.2 Å². The first-order valence-corrected chi connectivity index (χ1v) is 9.60. The van der Waals surface area contributed by atoms with Crippen molar-refractivity contribution in [2.45, 2.75) is 39.0 Å². The van der Waals surface area contributed by atoms with E-state index in [1.807, 2.05) is 12.2 Å². The number of amides is 1.